The van der Waals surface area contributed by atoms with Crippen molar-refractivity contribution in [2.45, 2.75) is 32.6 Å². The zero-order valence-electron chi connectivity index (χ0n) is 12.0. The van der Waals surface area contributed by atoms with Crippen molar-refractivity contribution in [1.82, 2.24) is 4.90 Å². The summed E-state index contributed by atoms with van der Waals surface area (Å²) in [5.41, 5.74) is 1.18. The largest absolute Gasteiger partial charge is 0.494 e. The van der Waals surface area contributed by atoms with E-state index in [0.717, 1.165) is 18.9 Å². The number of piperidine rings is 1. The molecule has 0 bridgehead atoms. The molecule has 3 heteroatoms. The Hall–Kier alpha value is -1.22. The molecule has 0 unspecified atom stereocenters. The van der Waals surface area contributed by atoms with Gasteiger partial charge < -0.3 is 15.0 Å². The van der Waals surface area contributed by atoms with Crippen molar-refractivity contribution in [1.29, 1.82) is 0 Å². The Labute approximate surface area is 116 Å². The Morgan fingerprint density at radius 2 is 1.84 bits per heavy atom. The van der Waals surface area contributed by atoms with E-state index in [9.17, 15) is 0 Å². The van der Waals surface area contributed by atoms with E-state index < -0.39 is 0 Å². The second kappa shape index (κ2) is 8.05. The average molecular weight is 262 g/mol. The fourth-order valence-corrected chi connectivity index (χ4v) is 2.55. The molecule has 0 aromatic heterocycles. The second-order valence-electron chi connectivity index (χ2n) is 5.14. The molecule has 3 nitrogen and oxygen atoms in total. The van der Waals surface area contributed by atoms with Crippen LogP contribution in [0, 0.1) is 0 Å². The summed E-state index contributed by atoms with van der Waals surface area (Å²) < 4.78 is 5.43. The molecule has 0 amide bonds. The van der Waals surface area contributed by atoms with Crippen molar-refractivity contribution in [3.8, 4) is 5.75 Å². The number of nitrogens with one attached hydrogen (secondary N) is 1. The third-order valence-electron chi connectivity index (χ3n) is 3.59. The lowest BCUT2D eigenvalue weighted by molar-refractivity contribution is 0.228. The number of ether oxygens (including phenoxy) is 1. The molecular formula is C16H26N2O. The maximum absolute atomic E-state index is 5.43. The van der Waals surface area contributed by atoms with Gasteiger partial charge in [-0.05, 0) is 70.1 Å². The molecule has 1 aliphatic heterocycles. The van der Waals surface area contributed by atoms with Crippen LogP contribution >= 0.6 is 0 Å². The Morgan fingerprint density at radius 1 is 1.11 bits per heavy atom. The van der Waals surface area contributed by atoms with Crippen molar-refractivity contribution in [3.63, 3.8) is 0 Å². The Kier molecular flexibility index (Phi) is 6.02. The second-order valence-corrected chi connectivity index (χ2v) is 5.14. The zero-order chi connectivity index (χ0) is 13.3. The van der Waals surface area contributed by atoms with Crippen LogP contribution in [-0.2, 0) is 0 Å². The average Bonchev–Trinajstić information content (AvgIpc) is 2.47. The van der Waals surface area contributed by atoms with E-state index in [0.29, 0.717) is 0 Å². The van der Waals surface area contributed by atoms with Gasteiger partial charge in [0.25, 0.3) is 0 Å². The highest BCUT2D eigenvalue weighted by Gasteiger charge is 2.08. The fourth-order valence-electron chi connectivity index (χ4n) is 2.55. The van der Waals surface area contributed by atoms with Gasteiger partial charge in [0.2, 0.25) is 0 Å². The van der Waals surface area contributed by atoms with Crippen molar-refractivity contribution >= 4 is 5.69 Å². The van der Waals surface area contributed by atoms with Crippen LogP contribution in [-0.4, -0.2) is 37.7 Å². The first-order valence-corrected chi connectivity index (χ1v) is 7.57. The highest BCUT2D eigenvalue weighted by molar-refractivity contribution is 5.46. The summed E-state index contributed by atoms with van der Waals surface area (Å²) in [5.74, 6) is 0.946. The number of benzene rings is 1. The molecule has 0 spiro atoms. The monoisotopic (exact) mass is 262 g/mol. The molecule has 1 N–H and O–H groups in total. The molecule has 1 aliphatic rings. The first-order valence-electron chi connectivity index (χ1n) is 7.57. The molecule has 0 radical (unpaired) electrons. The maximum Gasteiger partial charge on any atom is 0.119 e. The number of hydrogen-bond acceptors (Lipinski definition) is 3. The SMILES string of the molecule is CCOc1ccc(NCCCN2CCCCC2)cc1. The number of hydrogen-bond donors (Lipinski definition) is 1. The molecular weight excluding hydrogens is 236 g/mol. The van der Waals surface area contributed by atoms with E-state index in [1.54, 1.807) is 0 Å². The minimum Gasteiger partial charge on any atom is -0.494 e. The molecule has 1 saturated heterocycles. The van der Waals surface area contributed by atoms with Gasteiger partial charge in [-0.1, -0.05) is 6.42 Å². The third kappa shape index (κ3) is 5.11. The predicted molar refractivity (Wildman–Crippen MR) is 81.0 cm³/mol. The van der Waals surface area contributed by atoms with E-state index >= 15 is 0 Å². The lowest BCUT2D eigenvalue weighted by atomic mass is 10.1. The smallest absolute Gasteiger partial charge is 0.119 e. The molecule has 2 rings (SSSR count). The van der Waals surface area contributed by atoms with Crippen LogP contribution in [0.4, 0.5) is 5.69 Å². The summed E-state index contributed by atoms with van der Waals surface area (Å²) in [6.07, 6.45) is 5.40. The molecule has 1 aromatic rings. The van der Waals surface area contributed by atoms with E-state index in [1.165, 1.54) is 51.0 Å². The normalized spacial score (nSPS) is 16.3. The lowest BCUT2D eigenvalue weighted by Crippen LogP contribution is -2.31. The minimum atomic E-state index is 0.725. The van der Waals surface area contributed by atoms with Gasteiger partial charge in [-0.15, -0.1) is 0 Å². The molecule has 1 heterocycles. The summed E-state index contributed by atoms with van der Waals surface area (Å²) in [5, 5.41) is 3.47. The van der Waals surface area contributed by atoms with Gasteiger partial charge in [0, 0.05) is 12.2 Å². The van der Waals surface area contributed by atoms with Crippen LogP contribution < -0.4 is 10.1 Å². The fraction of sp³-hybridized carbons (Fsp3) is 0.625. The Morgan fingerprint density at radius 3 is 2.53 bits per heavy atom. The standard InChI is InChI=1S/C16H26N2O/c1-2-19-16-9-7-15(8-10-16)17-11-6-14-18-12-4-3-5-13-18/h7-10,17H,2-6,11-14H2,1H3. The summed E-state index contributed by atoms with van der Waals surface area (Å²) in [7, 11) is 0. The third-order valence-corrected chi connectivity index (χ3v) is 3.59. The molecule has 1 aromatic carbocycles. The summed E-state index contributed by atoms with van der Waals surface area (Å²) in [6.45, 7) is 7.59. The van der Waals surface area contributed by atoms with Gasteiger partial charge in [0.05, 0.1) is 6.61 Å². The quantitative estimate of drug-likeness (QED) is 0.762. The van der Waals surface area contributed by atoms with Crippen LogP contribution in [0.25, 0.3) is 0 Å². The van der Waals surface area contributed by atoms with Gasteiger partial charge in [-0.2, -0.15) is 0 Å². The van der Waals surface area contributed by atoms with Crippen molar-refractivity contribution < 1.29 is 4.74 Å². The highest BCUT2D eigenvalue weighted by atomic mass is 16.5. The van der Waals surface area contributed by atoms with Crippen molar-refractivity contribution in [2.75, 3.05) is 38.1 Å². The zero-order valence-corrected chi connectivity index (χ0v) is 12.0. The van der Waals surface area contributed by atoms with E-state index in [-0.39, 0.29) is 0 Å². The predicted octanol–water partition coefficient (Wildman–Crippen LogP) is 3.37. The number of likely N-dealkylation sites (tertiary alicyclic amines) is 1. The maximum atomic E-state index is 5.43. The van der Waals surface area contributed by atoms with Crippen LogP contribution in [0.5, 0.6) is 5.75 Å². The summed E-state index contributed by atoms with van der Waals surface area (Å²) >= 11 is 0. The van der Waals surface area contributed by atoms with Gasteiger partial charge in [-0.25, -0.2) is 0 Å². The van der Waals surface area contributed by atoms with E-state index in [4.69, 9.17) is 4.74 Å². The van der Waals surface area contributed by atoms with Gasteiger partial charge >= 0.3 is 0 Å². The van der Waals surface area contributed by atoms with E-state index in [2.05, 4.69) is 22.3 Å². The molecule has 1 fully saturated rings. The van der Waals surface area contributed by atoms with Gasteiger partial charge in [0.1, 0.15) is 5.75 Å². The first-order chi connectivity index (χ1) is 9.38. The van der Waals surface area contributed by atoms with Crippen molar-refractivity contribution in [2.24, 2.45) is 0 Å². The Bertz CT molecular complexity index is 344. The van der Waals surface area contributed by atoms with Crippen LogP contribution in [0.3, 0.4) is 0 Å². The molecule has 0 atom stereocenters. The summed E-state index contributed by atoms with van der Waals surface area (Å²) in [4.78, 5) is 2.59. The molecule has 106 valence electrons. The number of nitrogens with zero attached hydrogens (tertiary/aromatic N) is 1. The van der Waals surface area contributed by atoms with Crippen LogP contribution in [0.1, 0.15) is 32.6 Å². The number of anilines is 1. The molecule has 0 saturated carbocycles. The van der Waals surface area contributed by atoms with Crippen molar-refractivity contribution in [3.05, 3.63) is 24.3 Å². The lowest BCUT2D eigenvalue weighted by Gasteiger charge is -2.26. The van der Waals surface area contributed by atoms with Gasteiger partial charge in [-0.3, -0.25) is 0 Å². The van der Waals surface area contributed by atoms with Gasteiger partial charge in [0.15, 0.2) is 0 Å². The topological polar surface area (TPSA) is 24.5 Å². The highest BCUT2D eigenvalue weighted by Crippen LogP contribution is 2.15. The minimum absolute atomic E-state index is 0.725. The molecule has 0 aliphatic carbocycles. The summed E-state index contributed by atoms with van der Waals surface area (Å²) in [6, 6.07) is 8.23. The Balaban J connectivity index is 1.62. The van der Waals surface area contributed by atoms with Crippen LogP contribution in [0.2, 0.25) is 0 Å². The first kappa shape index (κ1) is 14.2. The number of rotatable bonds is 7. The van der Waals surface area contributed by atoms with E-state index in [1.807, 2.05) is 19.1 Å². The molecule has 19 heavy (non-hydrogen) atoms. The van der Waals surface area contributed by atoms with Crippen LogP contribution in [0.15, 0.2) is 24.3 Å².